The molecule has 4 aromatic rings. The van der Waals surface area contributed by atoms with E-state index in [0.29, 0.717) is 0 Å². The Morgan fingerprint density at radius 3 is 2.14 bits per heavy atom. The van der Waals surface area contributed by atoms with Crippen molar-refractivity contribution in [3.8, 4) is 5.75 Å². The number of rotatable bonds is 12. The number of para-hydroxylation sites is 1. The maximum atomic E-state index is 7.51. The fourth-order valence-corrected chi connectivity index (χ4v) is 11.3. The van der Waals surface area contributed by atoms with Crippen LogP contribution in [0.2, 0.25) is 0 Å². The molecule has 1 unspecified atom stereocenters. The number of hydrogen-bond donors (Lipinski definition) is 1. The Morgan fingerprint density at radius 2 is 1.49 bits per heavy atom. The number of hydrogen-bond acceptors (Lipinski definition) is 4. The quantitative estimate of drug-likeness (QED) is 0.0666. The molecule has 0 amide bonds. The molecule has 1 N–H and O–H groups in total. The Bertz CT molecular complexity index is 2740. The Labute approximate surface area is 391 Å². The lowest BCUT2D eigenvalue weighted by Crippen LogP contribution is -2.54. The summed E-state index contributed by atoms with van der Waals surface area (Å²) in [5.41, 5.74) is 17.3. The van der Waals surface area contributed by atoms with Gasteiger partial charge in [-0.25, -0.2) is 0 Å². The van der Waals surface area contributed by atoms with Crippen molar-refractivity contribution >= 4 is 40.8 Å². The summed E-state index contributed by atoms with van der Waals surface area (Å²) in [5.74, 6) is 1.76. The Kier molecular flexibility index (Phi) is 12.4. The molecule has 0 saturated heterocycles. The van der Waals surface area contributed by atoms with Gasteiger partial charge >= 0.3 is 0 Å². The molecule has 0 saturated carbocycles. The lowest BCUT2D eigenvalue weighted by atomic mass is 9.32. The summed E-state index contributed by atoms with van der Waals surface area (Å²) in [6.07, 6.45) is 24.3. The van der Waals surface area contributed by atoms with Crippen molar-refractivity contribution < 1.29 is 9.15 Å². The highest BCUT2D eigenvalue weighted by Gasteiger charge is 2.49. The second kappa shape index (κ2) is 17.4. The molecule has 0 spiro atoms. The zero-order valence-corrected chi connectivity index (χ0v) is 41.6. The molecule has 1 aromatic heterocycles. The molecule has 1 atom stereocenters. The molecule has 8 rings (SSSR count). The van der Waals surface area contributed by atoms with Gasteiger partial charge in [-0.1, -0.05) is 134 Å². The van der Waals surface area contributed by atoms with E-state index in [1.54, 1.807) is 0 Å². The van der Waals surface area contributed by atoms with Crippen LogP contribution in [0.4, 0.5) is 11.6 Å². The van der Waals surface area contributed by atoms with Gasteiger partial charge in [0, 0.05) is 33.5 Å². The number of nitrogens with zero attached hydrogens (tertiary/aromatic N) is 1. The van der Waals surface area contributed by atoms with Crippen molar-refractivity contribution in [3.05, 3.63) is 172 Å². The molecular weight excluding hydrogens is 791 g/mol. The van der Waals surface area contributed by atoms with Gasteiger partial charge in [-0.15, -0.1) is 6.58 Å². The van der Waals surface area contributed by atoms with Crippen molar-refractivity contribution in [3.63, 3.8) is 0 Å². The summed E-state index contributed by atoms with van der Waals surface area (Å²) in [6.45, 7) is 36.6. The van der Waals surface area contributed by atoms with Crippen LogP contribution in [0.15, 0.2) is 148 Å². The standard InChI is InChI=1S/C60H73BN2O2/c1-15-19-24-39(5)42-33-50(62-40(6)38-64-52-26-21-20-25-41(52)22-16-2)55-51(34-42)63(44-27-28-46-47(35-44)58(9,10)30-29-57(46,7)8)56-54(61(55)43(18-4)23-17-3)45-36-48-49(37-53(45)65-56)60(13,14)32-31-59(48,11)12/h15-18,20-23,25-28,33,35-38,51,62H,1,5,19,24,29-32,34H2,2-4,6-14H3/b22-16+,23-17-,40-38-,43-18+. The predicted octanol–water partition coefficient (Wildman–Crippen LogP) is 15.6. The summed E-state index contributed by atoms with van der Waals surface area (Å²) in [7, 11) is 0. The van der Waals surface area contributed by atoms with Gasteiger partial charge in [0.2, 0.25) is 6.71 Å². The first kappa shape index (κ1) is 46.1. The molecule has 1 aliphatic heterocycles. The third-order valence-corrected chi connectivity index (χ3v) is 15.4. The summed E-state index contributed by atoms with van der Waals surface area (Å²) < 4.78 is 14.0. The second-order valence-corrected chi connectivity index (χ2v) is 21.8. The predicted molar refractivity (Wildman–Crippen MR) is 280 cm³/mol. The average molecular weight is 865 g/mol. The van der Waals surface area contributed by atoms with Crippen molar-refractivity contribution in [2.24, 2.45) is 0 Å². The first-order valence-electron chi connectivity index (χ1n) is 24.3. The van der Waals surface area contributed by atoms with Crippen molar-refractivity contribution in [1.82, 2.24) is 5.32 Å². The van der Waals surface area contributed by atoms with Gasteiger partial charge in [0.05, 0.1) is 6.04 Å². The van der Waals surface area contributed by atoms with E-state index >= 15 is 0 Å². The van der Waals surface area contributed by atoms with E-state index in [-0.39, 0.29) is 34.4 Å². The maximum absolute atomic E-state index is 7.51. The van der Waals surface area contributed by atoms with E-state index in [2.05, 4.69) is 160 Å². The summed E-state index contributed by atoms with van der Waals surface area (Å²) in [4.78, 5) is 2.58. The van der Waals surface area contributed by atoms with Gasteiger partial charge in [-0.05, 0) is 164 Å². The molecule has 3 aliphatic carbocycles. The first-order chi connectivity index (χ1) is 30.9. The topological polar surface area (TPSA) is 37.6 Å². The van der Waals surface area contributed by atoms with Crippen LogP contribution in [0.5, 0.6) is 5.75 Å². The largest absolute Gasteiger partial charge is 0.463 e. The van der Waals surface area contributed by atoms with Crippen LogP contribution in [-0.2, 0) is 21.7 Å². The minimum absolute atomic E-state index is 0.0333. The fraction of sp³-hybridized carbons (Fsp3) is 0.400. The zero-order valence-electron chi connectivity index (χ0n) is 41.6. The lowest BCUT2D eigenvalue weighted by molar-refractivity contribution is 0.332. The molecule has 5 heteroatoms. The summed E-state index contributed by atoms with van der Waals surface area (Å²) in [5, 5.41) is 5.18. The summed E-state index contributed by atoms with van der Waals surface area (Å²) in [6, 6.07) is 20.4. The van der Waals surface area contributed by atoms with Crippen LogP contribution in [-0.4, -0.2) is 12.8 Å². The number of ether oxygens (including phenoxy) is 1. The van der Waals surface area contributed by atoms with E-state index in [4.69, 9.17) is 15.7 Å². The molecular formula is C60H73BN2O2. The fourth-order valence-electron chi connectivity index (χ4n) is 11.3. The molecule has 65 heavy (non-hydrogen) atoms. The minimum atomic E-state index is -0.0923. The normalized spacial score (nSPS) is 20.9. The van der Waals surface area contributed by atoms with Gasteiger partial charge in [0.25, 0.3) is 0 Å². The van der Waals surface area contributed by atoms with E-state index in [9.17, 15) is 0 Å². The zero-order chi connectivity index (χ0) is 46.6. The number of benzene rings is 3. The van der Waals surface area contributed by atoms with Crippen molar-refractivity contribution in [1.29, 1.82) is 0 Å². The number of fused-ring (bicyclic) bond motifs is 6. The molecule has 0 radical (unpaired) electrons. The average Bonchev–Trinajstić information content (AvgIpc) is 3.64. The maximum Gasteiger partial charge on any atom is 0.249 e. The Balaban J connectivity index is 1.44. The molecule has 2 heterocycles. The molecule has 3 aromatic carbocycles. The van der Waals surface area contributed by atoms with Gasteiger partial charge in [-0.3, -0.25) is 0 Å². The Morgan fingerprint density at radius 1 is 0.846 bits per heavy atom. The van der Waals surface area contributed by atoms with Crippen LogP contribution >= 0.6 is 0 Å². The highest BCUT2D eigenvalue weighted by Crippen LogP contribution is 2.52. The number of nitrogens with one attached hydrogen (secondary N) is 1. The van der Waals surface area contributed by atoms with Gasteiger partial charge < -0.3 is 19.4 Å². The monoisotopic (exact) mass is 865 g/mol. The third kappa shape index (κ3) is 8.38. The highest BCUT2D eigenvalue weighted by atomic mass is 16.5. The van der Waals surface area contributed by atoms with Crippen molar-refractivity contribution in [2.75, 3.05) is 4.90 Å². The van der Waals surface area contributed by atoms with Gasteiger partial charge in [0.15, 0.2) is 5.88 Å². The smallest absolute Gasteiger partial charge is 0.249 e. The SMILES string of the molecule is C=CCCC(=C)C1=CC(N/C(C)=C\Oc2ccccc2/C=C/C)=C2B(C(/C=C\C)=C/C)c3c(oc4cc5c(cc34)C(C)(C)CCC5(C)C)N(c3ccc4c(c3)C(C)(C)CCC4(C)C)C2C1. The molecule has 338 valence electrons. The van der Waals surface area contributed by atoms with E-state index in [1.165, 1.54) is 61.7 Å². The molecule has 0 bridgehead atoms. The number of allylic oxidation sites excluding steroid dienone is 9. The van der Waals surface area contributed by atoms with E-state index in [1.807, 2.05) is 43.5 Å². The van der Waals surface area contributed by atoms with Crippen LogP contribution < -0.4 is 20.4 Å². The minimum Gasteiger partial charge on any atom is -0.463 e. The van der Waals surface area contributed by atoms with Gasteiger partial charge in [-0.2, -0.15) is 0 Å². The second-order valence-electron chi connectivity index (χ2n) is 21.8. The number of anilines is 2. The third-order valence-electron chi connectivity index (χ3n) is 15.4. The van der Waals surface area contributed by atoms with E-state index in [0.717, 1.165) is 78.3 Å². The summed E-state index contributed by atoms with van der Waals surface area (Å²) >= 11 is 0. The Hall–Kier alpha value is -5.42. The van der Waals surface area contributed by atoms with E-state index < -0.39 is 0 Å². The van der Waals surface area contributed by atoms with Gasteiger partial charge in [0.1, 0.15) is 17.6 Å². The van der Waals surface area contributed by atoms with Crippen LogP contribution in [0, 0.1) is 0 Å². The van der Waals surface area contributed by atoms with Crippen LogP contribution in [0.25, 0.3) is 17.0 Å². The van der Waals surface area contributed by atoms with Crippen LogP contribution in [0.3, 0.4) is 0 Å². The molecule has 4 nitrogen and oxygen atoms in total. The molecule has 0 fully saturated rings. The highest BCUT2D eigenvalue weighted by molar-refractivity contribution is 6.90. The van der Waals surface area contributed by atoms with Crippen molar-refractivity contribution in [2.45, 2.75) is 156 Å². The number of furan rings is 1. The lowest BCUT2D eigenvalue weighted by Gasteiger charge is -2.46. The molecule has 4 aliphatic rings. The van der Waals surface area contributed by atoms with Crippen LogP contribution in [0.1, 0.15) is 156 Å². The first-order valence-corrected chi connectivity index (χ1v) is 24.3.